The van der Waals surface area contributed by atoms with Crippen molar-refractivity contribution in [2.45, 2.75) is 45.6 Å². The van der Waals surface area contributed by atoms with Crippen molar-refractivity contribution in [1.82, 2.24) is 5.32 Å². The molecule has 1 rings (SSSR count). The van der Waals surface area contributed by atoms with E-state index < -0.39 is 5.54 Å². The Morgan fingerprint density at radius 2 is 2.06 bits per heavy atom. The van der Waals surface area contributed by atoms with Crippen LogP contribution in [0.25, 0.3) is 0 Å². The predicted molar refractivity (Wildman–Crippen MR) is 66.9 cm³/mol. The highest BCUT2D eigenvalue weighted by Crippen LogP contribution is 2.44. The maximum Gasteiger partial charge on any atom is 0.326 e. The molecule has 4 nitrogen and oxygen atoms in total. The highest BCUT2D eigenvalue weighted by Gasteiger charge is 2.49. The van der Waals surface area contributed by atoms with Crippen LogP contribution in [0.2, 0.25) is 0 Å². The first-order chi connectivity index (χ1) is 7.96. The van der Waals surface area contributed by atoms with Gasteiger partial charge in [0.2, 0.25) is 0 Å². The average molecular weight is 243 g/mol. The summed E-state index contributed by atoms with van der Waals surface area (Å²) >= 11 is 0. The predicted octanol–water partition coefficient (Wildman–Crippen LogP) is 1.73. The fraction of sp³-hybridized carbons (Fsp3) is 0.923. The third-order valence-electron chi connectivity index (χ3n) is 3.44. The largest absolute Gasteiger partial charge is 0.465 e. The van der Waals surface area contributed by atoms with Crippen molar-refractivity contribution in [2.75, 3.05) is 26.9 Å². The van der Waals surface area contributed by atoms with Crippen molar-refractivity contribution >= 4 is 5.97 Å². The van der Waals surface area contributed by atoms with Gasteiger partial charge in [-0.3, -0.25) is 10.1 Å². The lowest BCUT2D eigenvalue weighted by molar-refractivity contribution is -0.151. The van der Waals surface area contributed by atoms with Gasteiger partial charge in [0.1, 0.15) is 5.54 Å². The van der Waals surface area contributed by atoms with E-state index in [-0.39, 0.29) is 11.4 Å². The molecule has 0 aromatic heterocycles. The number of carbonyl (C=O) groups excluding carboxylic acids is 1. The Labute approximate surface area is 104 Å². The van der Waals surface area contributed by atoms with Gasteiger partial charge in [-0.2, -0.15) is 0 Å². The van der Waals surface area contributed by atoms with Gasteiger partial charge in [-0.1, -0.05) is 13.8 Å². The molecule has 1 aliphatic carbocycles. The quantitative estimate of drug-likeness (QED) is 0.570. The molecule has 0 bridgehead atoms. The third kappa shape index (κ3) is 3.68. The molecular weight excluding hydrogens is 218 g/mol. The van der Waals surface area contributed by atoms with Crippen molar-refractivity contribution in [1.29, 1.82) is 0 Å². The molecule has 0 aromatic carbocycles. The molecule has 0 heterocycles. The van der Waals surface area contributed by atoms with Crippen LogP contribution in [0.5, 0.6) is 0 Å². The zero-order chi connectivity index (χ0) is 12.9. The number of hydrogen-bond acceptors (Lipinski definition) is 4. The van der Waals surface area contributed by atoms with Gasteiger partial charge in [0.25, 0.3) is 0 Å². The summed E-state index contributed by atoms with van der Waals surface area (Å²) in [6.45, 7) is 7.98. The second-order valence-corrected chi connectivity index (χ2v) is 5.56. The molecular formula is C13H25NO3. The van der Waals surface area contributed by atoms with Gasteiger partial charge in [0, 0.05) is 13.7 Å². The van der Waals surface area contributed by atoms with Crippen LogP contribution < -0.4 is 5.32 Å². The summed E-state index contributed by atoms with van der Waals surface area (Å²) in [4.78, 5) is 12.1. The van der Waals surface area contributed by atoms with Gasteiger partial charge < -0.3 is 9.47 Å². The van der Waals surface area contributed by atoms with Crippen molar-refractivity contribution in [3.05, 3.63) is 0 Å². The Kier molecular flexibility index (Phi) is 4.95. The summed E-state index contributed by atoms with van der Waals surface area (Å²) in [5.74, 6) is -0.110. The van der Waals surface area contributed by atoms with Gasteiger partial charge in [-0.15, -0.1) is 0 Å². The number of ether oxygens (including phenoxy) is 2. The summed E-state index contributed by atoms with van der Waals surface area (Å²) in [6, 6.07) is 0. The van der Waals surface area contributed by atoms with Crippen molar-refractivity contribution < 1.29 is 14.3 Å². The average Bonchev–Trinajstić information content (AvgIpc) is 2.57. The van der Waals surface area contributed by atoms with E-state index in [9.17, 15) is 4.79 Å². The SMILES string of the molecule is CCOC(=O)C1(NCCOC)CCC(C)(C)C1. The van der Waals surface area contributed by atoms with E-state index in [2.05, 4.69) is 19.2 Å². The van der Waals surface area contributed by atoms with E-state index in [0.29, 0.717) is 19.8 Å². The summed E-state index contributed by atoms with van der Waals surface area (Å²) < 4.78 is 10.2. The van der Waals surface area contributed by atoms with Crippen molar-refractivity contribution in [3.63, 3.8) is 0 Å². The number of hydrogen-bond donors (Lipinski definition) is 1. The normalized spacial score (nSPS) is 27.1. The highest BCUT2D eigenvalue weighted by atomic mass is 16.5. The number of methoxy groups -OCH3 is 1. The topological polar surface area (TPSA) is 47.6 Å². The van der Waals surface area contributed by atoms with E-state index in [1.54, 1.807) is 7.11 Å². The third-order valence-corrected chi connectivity index (χ3v) is 3.44. The molecule has 0 amide bonds. The number of nitrogens with one attached hydrogen (secondary N) is 1. The Balaban J connectivity index is 2.68. The summed E-state index contributed by atoms with van der Waals surface area (Å²) in [5, 5.41) is 3.34. The van der Waals surface area contributed by atoms with E-state index in [4.69, 9.17) is 9.47 Å². The van der Waals surface area contributed by atoms with Gasteiger partial charge >= 0.3 is 5.97 Å². The second-order valence-electron chi connectivity index (χ2n) is 5.56. The van der Waals surface area contributed by atoms with E-state index in [1.165, 1.54) is 0 Å². The Morgan fingerprint density at radius 1 is 1.35 bits per heavy atom. The molecule has 4 heteroatoms. The minimum Gasteiger partial charge on any atom is -0.465 e. The standard InChI is InChI=1S/C13H25NO3/c1-5-17-11(15)13(14-8-9-16-4)7-6-12(2,3)10-13/h14H,5-10H2,1-4H3. The molecule has 100 valence electrons. The summed E-state index contributed by atoms with van der Waals surface area (Å²) in [7, 11) is 1.66. The molecule has 1 N–H and O–H groups in total. The van der Waals surface area contributed by atoms with E-state index in [0.717, 1.165) is 19.3 Å². The van der Waals surface area contributed by atoms with Crippen LogP contribution in [-0.2, 0) is 14.3 Å². The Morgan fingerprint density at radius 3 is 2.53 bits per heavy atom. The van der Waals surface area contributed by atoms with Crippen molar-refractivity contribution in [2.24, 2.45) is 5.41 Å². The van der Waals surface area contributed by atoms with Crippen LogP contribution >= 0.6 is 0 Å². The molecule has 1 atom stereocenters. The molecule has 0 spiro atoms. The second kappa shape index (κ2) is 5.83. The van der Waals surface area contributed by atoms with Crippen LogP contribution in [0.4, 0.5) is 0 Å². The fourth-order valence-electron chi connectivity index (χ4n) is 2.60. The lowest BCUT2D eigenvalue weighted by Crippen LogP contribution is -2.52. The highest BCUT2D eigenvalue weighted by molar-refractivity contribution is 5.81. The minimum atomic E-state index is -0.502. The van der Waals surface area contributed by atoms with Crippen LogP contribution in [0.1, 0.15) is 40.0 Å². The molecule has 1 saturated carbocycles. The maximum absolute atomic E-state index is 12.1. The molecule has 1 unspecified atom stereocenters. The van der Waals surface area contributed by atoms with Gasteiger partial charge in [-0.05, 0) is 31.6 Å². The number of carbonyl (C=O) groups is 1. The zero-order valence-electron chi connectivity index (χ0n) is 11.5. The summed E-state index contributed by atoms with van der Waals surface area (Å²) in [5.41, 5.74) is -0.301. The van der Waals surface area contributed by atoms with Gasteiger partial charge in [-0.25, -0.2) is 0 Å². The van der Waals surface area contributed by atoms with Crippen molar-refractivity contribution in [3.8, 4) is 0 Å². The monoisotopic (exact) mass is 243 g/mol. The van der Waals surface area contributed by atoms with E-state index >= 15 is 0 Å². The zero-order valence-corrected chi connectivity index (χ0v) is 11.5. The molecule has 0 saturated heterocycles. The summed E-state index contributed by atoms with van der Waals surface area (Å²) in [6.07, 6.45) is 2.73. The van der Waals surface area contributed by atoms with Crippen LogP contribution in [-0.4, -0.2) is 38.4 Å². The Hall–Kier alpha value is -0.610. The van der Waals surface area contributed by atoms with Gasteiger partial charge in [0.05, 0.1) is 13.2 Å². The molecule has 1 aliphatic rings. The Bertz CT molecular complexity index is 265. The van der Waals surface area contributed by atoms with Crippen LogP contribution in [0.3, 0.4) is 0 Å². The molecule has 0 aliphatic heterocycles. The lowest BCUT2D eigenvalue weighted by Gasteiger charge is -2.29. The molecule has 0 radical (unpaired) electrons. The first-order valence-electron chi connectivity index (χ1n) is 6.37. The number of rotatable bonds is 6. The molecule has 0 aromatic rings. The smallest absolute Gasteiger partial charge is 0.326 e. The molecule has 1 fully saturated rings. The van der Waals surface area contributed by atoms with Crippen LogP contribution in [0, 0.1) is 5.41 Å². The number of esters is 1. The lowest BCUT2D eigenvalue weighted by atomic mass is 9.87. The van der Waals surface area contributed by atoms with Gasteiger partial charge in [0.15, 0.2) is 0 Å². The first-order valence-corrected chi connectivity index (χ1v) is 6.37. The first kappa shape index (κ1) is 14.5. The van der Waals surface area contributed by atoms with E-state index in [1.807, 2.05) is 6.92 Å². The molecule has 17 heavy (non-hydrogen) atoms. The minimum absolute atomic E-state index is 0.110. The van der Waals surface area contributed by atoms with Crippen LogP contribution in [0.15, 0.2) is 0 Å². The fourth-order valence-corrected chi connectivity index (χ4v) is 2.60. The maximum atomic E-state index is 12.1.